The fourth-order valence-electron chi connectivity index (χ4n) is 5.75. The van der Waals surface area contributed by atoms with Crippen LogP contribution in [0.5, 0.6) is 34.5 Å². The van der Waals surface area contributed by atoms with Gasteiger partial charge in [0, 0.05) is 12.1 Å². The summed E-state index contributed by atoms with van der Waals surface area (Å²) < 4.78 is 36.9. The highest BCUT2D eigenvalue weighted by molar-refractivity contribution is 5.90. The molecule has 2 fully saturated rings. The van der Waals surface area contributed by atoms with Gasteiger partial charge in [-0.2, -0.15) is 0 Å². The molecule has 11 atom stereocenters. The lowest BCUT2D eigenvalue weighted by Crippen LogP contribution is -2.60. The van der Waals surface area contributed by atoms with Gasteiger partial charge in [0.2, 0.25) is 12.6 Å². The van der Waals surface area contributed by atoms with E-state index >= 15 is 0 Å². The number of carboxylic acids is 2. The number of phenols is 4. The smallest absolute Gasteiger partial charge is 0.317 e. The first-order valence-corrected chi connectivity index (χ1v) is 16.4. The number of rotatable bonds is 13. The van der Waals surface area contributed by atoms with E-state index in [4.69, 9.17) is 38.6 Å². The van der Waals surface area contributed by atoms with E-state index in [1.165, 1.54) is 0 Å². The third-order valence-electron chi connectivity index (χ3n) is 8.58. The third kappa shape index (κ3) is 9.23. The average molecular weight is 802 g/mol. The SMILES string of the molecule is O=C(O)CC(=O)OC[C@@H]1O[C@@H](Oc2cc(O)cc3c2C=C(O[C@@H]2O[C@H](COC(=O)CC(=O)O)[C@@H](O)[C@H](O)[C@@H]2O)C(c2cc(O)c(O)c(O)c2)[OH+]3)[C@H](O)[C@@H](O)[C@@H]1O. The number of aliphatic hydroxyl groups is 7. The van der Waals surface area contributed by atoms with Gasteiger partial charge in [0.15, 0.2) is 23.0 Å². The van der Waals surface area contributed by atoms with Crippen molar-refractivity contribution in [2.24, 2.45) is 0 Å². The van der Waals surface area contributed by atoms with Crippen LogP contribution in [0.4, 0.5) is 0 Å². The number of aromatic hydroxyl groups is 5. The van der Waals surface area contributed by atoms with E-state index in [-0.39, 0.29) is 28.4 Å². The van der Waals surface area contributed by atoms with Gasteiger partial charge in [0.1, 0.15) is 91.9 Å². The van der Waals surface area contributed by atoms with Crippen LogP contribution in [0.1, 0.15) is 30.1 Å². The Morgan fingerprint density at radius 2 is 1.12 bits per heavy atom. The minimum atomic E-state index is -2.03. The largest absolute Gasteiger partial charge is 0.571 e. The molecule has 3 aliphatic heterocycles. The standard InChI is InChI=1S/C33H36O23/c34-11-3-15-12(16(4-11)53-32-29(48)27(46)25(44)18(55-32)8-50-22(41)6-20(37)38)5-17(31(52-15)10-1-13(35)24(43)14(36)2-10)54-33-30(49)28(47)26(45)19(56-33)9-51-23(42)7-21(39)40/h1-5,18-19,25-36,43-49H,6-9H2,(H,37,38)(H,39,40)/p+1/t18-,19+,25+,26+,27-,28-,29+,30-,31?,32+,33+/m0/s1. The second-order valence-corrected chi connectivity index (χ2v) is 12.6. The number of aliphatic carboxylic acids is 2. The predicted molar refractivity (Wildman–Crippen MR) is 173 cm³/mol. The molecule has 3 heterocycles. The van der Waals surface area contributed by atoms with Crippen LogP contribution in [-0.4, -0.2) is 165 Å². The van der Waals surface area contributed by atoms with Gasteiger partial charge < -0.3 is 94.4 Å². The Kier molecular flexibility index (Phi) is 12.6. The average Bonchev–Trinajstić information content (AvgIpc) is 3.12. The molecule has 0 aliphatic carbocycles. The fraction of sp³-hybridized carbons (Fsp3) is 0.455. The first-order chi connectivity index (χ1) is 26.3. The number of fused-ring (bicyclic) bond motifs is 1. The fourth-order valence-corrected chi connectivity index (χ4v) is 5.75. The lowest BCUT2D eigenvalue weighted by Gasteiger charge is -2.41. The molecule has 23 heteroatoms. The molecule has 0 saturated carbocycles. The zero-order valence-electron chi connectivity index (χ0n) is 28.5. The summed E-state index contributed by atoms with van der Waals surface area (Å²) in [7, 11) is 0. The molecule has 0 bridgehead atoms. The molecule has 0 radical (unpaired) electrons. The first-order valence-electron chi connectivity index (χ1n) is 16.4. The maximum Gasteiger partial charge on any atom is 0.317 e. The van der Waals surface area contributed by atoms with Crippen molar-refractivity contribution in [3.63, 3.8) is 0 Å². The lowest BCUT2D eigenvalue weighted by molar-refractivity contribution is -0.296. The molecule has 3 aliphatic rings. The molecule has 306 valence electrons. The van der Waals surface area contributed by atoms with Crippen molar-refractivity contribution >= 4 is 30.0 Å². The monoisotopic (exact) mass is 801 g/mol. The van der Waals surface area contributed by atoms with Crippen LogP contribution in [0.15, 0.2) is 30.0 Å². The normalized spacial score (nSPS) is 29.8. The van der Waals surface area contributed by atoms with Gasteiger partial charge >= 0.3 is 23.9 Å². The van der Waals surface area contributed by atoms with Gasteiger partial charge in [-0.05, 0) is 12.1 Å². The van der Waals surface area contributed by atoms with Crippen molar-refractivity contribution < 1.29 is 114 Å². The van der Waals surface area contributed by atoms with Crippen LogP contribution in [0.2, 0.25) is 0 Å². The number of ether oxygens (including phenoxy) is 7. The maximum atomic E-state index is 11.8. The number of hydrogen-bond donors (Lipinski definition) is 12. The highest BCUT2D eigenvalue weighted by Gasteiger charge is 2.49. The summed E-state index contributed by atoms with van der Waals surface area (Å²) in [4.78, 5) is 45.3. The molecule has 2 saturated heterocycles. The van der Waals surface area contributed by atoms with Gasteiger partial charge in [0.25, 0.3) is 11.9 Å². The number of carbonyl (C=O) groups excluding carboxylic acids is 2. The lowest BCUT2D eigenvalue weighted by atomic mass is 9.98. The number of carboxylic acid groups (broad SMARTS) is 2. The molecule has 0 spiro atoms. The summed E-state index contributed by atoms with van der Waals surface area (Å²) in [5, 5.41) is 122. The third-order valence-corrected chi connectivity index (χ3v) is 8.58. The van der Waals surface area contributed by atoms with E-state index in [1.807, 2.05) is 0 Å². The molecule has 5 rings (SSSR count). The summed E-state index contributed by atoms with van der Waals surface area (Å²) >= 11 is 0. The van der Waals surface area contributed by atoms with E-state index in [1.54, 1.807) is 0 Å². The maximum absolute atomic E-state index is 11.8. The van der Waals surface area contributed by atoms with Gasteiger partial charge in [0.05, 0.1) is 11.6 Å². The quantitative estimate of drug-likeness (QED) is 0.0413. The Balaban J connectivity index is 1.48. The van der Waals surface area contributed by atoms with Gasteiger partial charge in [-0.3, -0.25) is 19.2 Å². The zero-order valence-corrected chi connectivity index (χ0v) is 28.5. The summed E-state index contributed by atoms with van der Waals surface area (Å²) in [6.07, 6.45) is -21.1. The van der Waals surface area contributed by atoms with E-state index in [0.29, 0.717) is 0 Å². The van der Waals surface area contributed by atoms with Crippen LogP contribution < -0.4 is 4.74 Å². The van der Waals surface area contributed by atoms with Crippen molar-refractivity contribution in [3.05, 3.63) is 41.2 Å². The van der Waals surface area contributed by atoms with Gasteiger partial charge in [-0.15, -0.1) is 0 Å². The Bertz CT molecular complexity index is 1820. The number of benzene rings is 2. The van der Waals surface area contributed by atoms with E-state index in [0.717, 1.165) is 30.3 Å². The van der Waals surface area contributed by atoms with Crippen LogP contribution in [0, 0.1) is 0 Å². The molecule has 23 nitrogen and oxygen atoms in total. The van der Waals surface area contributed by atoms with Crippen LogP contribution in [0.25, 0.3) is 6.08 Å². The van der Waals surface area contributed by atoms with Crippen LogP contribution >= 0.6 is 0 Å². The van der Waals surface area contributed by atoms with Crippen molar-refractivity contribution in [1.29, 1.82) is 0 Å². The number of esters is 2. The van der Waals surface area contributed by atoms with Crippen molar-refractivity contribution in [3.8, 4) is 34.5 Å². The summed E-state index contributed by atoms with van der Waals surface area (Å²) in [6.45, 7) is -1.60. The molecule has 2 aromatic rings. The molecule has 1 unspecified atom stereocenters. The number of phenolic OH excluding ortho intramolecular Hbond substituents is 4. The van der Waals surface area contributed by atoms with Crippen molar-refractivity contribution in [2.75, 3.05) is 13.2 Å². The predicted octanol–water partition coefficient (Wildman–Crippen LogP) is -3.11. The van der Waals surface area contributed by atoms with Gasteiger partial charge in [-0.25, -0.2) is 0 Å². The van der Waals surface area contributed by atoms with E-state index < -0.39 is 140 Å². The second-order valence-electron chi connectivity index (χ2n) is 12.6. The number of hydrogen-bond acceptors (Lipinski definition) is 20. The van der Waals surface area contributed by atoms with E-state index in [2.05, 4.69) is 4.74 Å². The van der Waals surface area contributed by atoms with Crippen molar-refractivity contribution in [2.45, 2.75) is 80.4 Å². The number of aliphatic hydroxyl groups excluding tert-OH is 6. The zero-order chi connectivity index (χ0) is 41.2. The molecular weight excluding hydrogens is 764 g/mol. The minimum absolute atomic E-state index is 0.0889. The Hall–Kier alpha value is -5.66. The highest BCUT2D eigenvalue weighted by Crippen LogP contribution is 2.48. The first kappa shape index (κ1) is 41.5. The topological polar surface area (TPSA) is 379 Å². The molecule has 2 aromatic carbocycles. The molecular formula is C33H37O23+. The Morgan fingerprint density at radius 3 is 1.61 bits per heavy atom. The summed E-state index contributed by atoms with van der Waals surface area (Å²) in [6, 6.07) is 4.03. The molecule has 13 N–H and O–H groups in total. The highest BCUT2D eigenvalue weighted by atomic mass is 16.7. The second kappa shape index (κ2) is 17.0. The van der Waals surface area contributed by atoms with Crippen LogP contribution in [-0.2, 0) is 42.9 Å². The van der Waals surface area contributed by atoms with E-state index in [9.17, 15) is 70.2 Å². The summed E-state index contributed by atoms with van der Waals surface area (Å²) in [5.74, 6) is -9.33. The van der Waals surface area contributed by atoms with Crippen LogP contribution in [0.3, 0.4) is 0 Å². The number of carbonyl (C=O) groups is 4. The molecule has 0 aromatic heterocycles. The minimum Gasteiger partial charge on any atom is -0.571 e. The van der Waals surface area contributed by atoms with Gasteiger partial charge in [-0.1, -0.05) is 0 Å². The Morgan fingerprint density at radius 1 is 0.643 bits per heavy atom. The molecule has 0 amide bonds. The molecule has 56 heavy (non-hydrogen) atoms. The summed E-state index contributed by atoms with van der Waals surface area (Å²) in [5.41, 5.74) is -0.180. The Labute approximate surface area is 312 Å². The van der Waals surface area contributed by atoms with Crippen molar-refractivity contribution in [1.82, 2.24) is 0 Å².